The molecule has 1 heterocycles. The first-order chi connectivity index (χ1) is 9.97. The van der Waals surface area contributed by atoms with E-state index >= 15 is 0 Å². The fraction of sp³-hybridized carbons (Fsp3) is 0.812. The van der Waals surface area contributed by atoms with Crippen molar-refractivity contribution in [1.82, 2.24) is 15.0 Å². The predicted octanol–water partition coefficient (Wildman–Crippen LogP) is 2.10. The molecule has 5 nitrogen and oxygen atoms in total. The van der Waals surface area contributed by atoms with Gasteiger partial charge in [-0.3, -0.25) is 9.67 Å². The Morgan fingerprint density at radius 1 is 1.43 bits per heavy atom. The lowest BCUT2D eigenvalue weighted by Crippen LogP contribution is -2.32. The van der Waals surface area contributed by atoms with Gasteiger partial charge in [-0.15, -0.1) is 5.10 Å². The van der Waals surface area contributed by atoms with Crippen molar-refractivity contribution in [2.75, 3.05) is 13.2 Å². The van der Waals surface area contributed by atoms with Crippen LogP contribution in [0.3, 0.4) is 0 Å². The maximum Gasteiger partial charge on any atom is 0.0849 e. The molecule has 0 radical (unpaired) electrons. The van der Waals surface area contributed by atoms with E-state index in [-0.39, 0.29) is 6.61 Å². The molecule has 2 atom stereocenters. The van der Waals surface area contributed by atoms with E-state index in [9.17, 15) is 0 Å². The second-order valence-corrected chi connectivity index (χ2v) is 7.27. The fourth-order valence-corrected chi connectivity index (χ4v) is 4.13. The van der Waals surface area contributed by atoms with Crippen molar-refractivity contribution >= 4 is 5.71 Å². The van der Waals surface area contributed by atoms with Crippen LogP contribution in [-0.4, -0.2) is 39.0 Å². The zero-order chi connectivity index (χ0) is 15.1. The summed E-state index contributed by atoms with van der Waals surface area (Å²) in [5.41, 5.74) is 2.95. The van der Waals surface area contributed by atoms with Crippen molar-refractivity contribution in [3.05, 3.63) is 11.9 Å². The Hall–Kier alpha value is -1.23. The first kappa shape index (κ1) is 14.7. The van der Waals surface area contributed by atoms with Crippen LogP contribution >= 0.6 is 0 Å². The minimum Gasteiger partial charge on any atom is -0.396 e. The van der Waals surface area contributed by atoms with E-state index in [2.05, 4.69) is 31.1 Å². The van der Waals surface area contributed by atoms with Crippen molar-refractivity contribution in [2.45, 2.75) is 53.0 Å². The van der Waals surface area contributed by atoms with Crippen molar-refractivity contribution in [1.29, 1.82) is 0 Å². The second kappa shape index (κ2) is 5.20. The first-order valence-electron chi connectivity index (χ1n) is 8.01. The molecule has 1 aromatic rings. The van der Waals surface area contributed by atoms with Gasteiger partial charge in [-0.1, -0.05) is 26.0 Å². The highest BCUT2D eigenvalue weighted by Gasteiger charge is 2.59. The Bertz CT molecular complexity index is 548. The molecule has 0 aliphatic heterocycles. The zero-order valence-corrected chi connectivity index (χ0v) is 13.3. The minimum atomic E-state index is 0.121. The van der Waals surface area contributed by atoms with Crippen molar-refractivity contribution in [3.8, 4) is 0 Å². The van der Waals surface area contributed by atoms with Gasteiger partial charge in [-0.25, -0.2) is 0 Å². The van der Waals surface area contributed by atoms with Gasteiger partial charge in [0.25, 0.3) is 0 Å². The number of aliphatic hydroxyl groups is 1. The molecule has 5 heteroatoms. The van der Waals surface area contributed by atoms with Gasteiger partial charge in [-0.2, -0.15) is 0 Å². The van der Waals surface area contributed by atoms with Gasteiger partial charge in [0.15, 0.2) is 0 Å². The molecule has 2 bridgehead atoms. The molecule has 1 N–H and O–H groups in total. The summed E-state index contributed by atoms with van der Waals surface area (Å²) >= 11 is 0. The normalized spacial score (nSPS) is 32.2. The predicted molar refractivity (Wildman–Crippen MR) is 82.3 cm³/mol. The highest BCUT2D eigenvalue weighted by molar-refractivity contribution is 5.94. The summed E-state index contributed by atoms with van der Waals surface area (Å²) in [4.78, 5) is 4.90. The monoisotopic (exact) mass is 290 g/mol. The third-order valence-electron chi connectivity index (χ3n) is 6.10. The third-order valence-corrected chi connectivity index (χ3v) is 6.10. The maximum atomic E-state index is 8.89. The first-order valence-corrected chi connectivity index (χ1v) is 8.01. The average molecular weight is 290 g/mol. The van der Waals surface area contributed by atoms with E-state index in [0.29, 0.717) is 17.3 Å². The van der Waals surface area contributed by atoms with Crippen LogP contribution in [-0.2, 0) is 13.0 Å². The van der Waals surface area contributed by atoms with Crippen LogP contribution in [0.15, 0.2) is 11.2 Å². The number of hydrogen-bond donors (Lipinski definition) is 1. The highest BCUT2D eigenvalue weighted by Crippen LogP contribution is 2.63. The van der Waals surface area contributed by atoms with E-state index < -0.39 is 0 Å². The molecular weight excluding hydrogens is 264 g/mol. The molecule has 2 fully saturated rings. The highest BCUT2D eigenvalue weighted by atomic mass is 16.3. The lowest BCUT2D eigenvalue weighted by Gasteiger charge is -2.34. The van der Waals surface area contributed by atoms with Crippen LogP contribution in [0.25, 0.3) is 0 Å². The summed E-state index contributed by atoms with van der Waals surface area (Å²) in [6.07, 6.45) is 6.30. The summed E-state index contributed by atoms with van der Waals surface area (Å²) in [5.74, 6) is 0.809. The van der Waals surface area contributed by atoms with Crippen LogP contribution in [0.2, 0.25) is 0 Å². The molecule has 3 rings (SSSR count). The van der Waals surface area contributed by atoms with Gasteiger partial charge in [0.05, 0.1) is 18.8 Å². The number of hydrogen-bond acceptors (Lipinski definition) is 4. The summed E-state index contributed by atoms with van der Waals surface area (Å²) in [6.45, 7) is 8.87. The van der Waals surface area contributed by atoms with E-state index in [1.165, 1.54) is 25.0 Å². The maximum absolute atomic E-state index is 8.89. The van der Waals surface area contributed by atoms with E-state index in [0.717, 1.165) is 24.7 Å². The molecule has 0 saturated heterocycles. The average Bonchev–Trinajstić information content (AvgIpc) is 3.02. The van der Waals surface area contributed by atoms with Gasteiger partial charge in [0.1, 0.15) is 0 Å². The van der Waals surface area contributed by atoms with E-state index in [1.54, 1.807) is 0 Å². The number of aliphatic imine (C=N–C) groups is 1. The second-order valence-electron chi connectivity index (χ2n) is 7.27. The van der Waals surface area contributed by atoms with Gasteiger partial charge in [-0.05, 0) is 30.6 Å². The van der Waals surface area contributed by atoms with Gasteiger partial charge in [0, 0.05) is 30.4 Å². The quantitative estimate of drug-likeness (QED) is 0.903. The molecule has 116 valence electrons. The van der Waals surface area contributed by atoms with E-state index in [4.69, 9.17) is 10.1 Å². The summed E-state index contributed by atoms with van der Waals surface area (Å²) in [5, 5.41) is 17.0. The molecule has 2 saturated carbocycles. The number of aromatic nitrogens is 3. The molecule has 0 aromatic carbocycles. The Kier molecular flexibility index (Phi) is 3.64. The molecule has 2 aliphatic rings. The zero-order valence-electron chi connectivity index (χ0n) is 13.3. The summed E-state index contributed by atoms with van der Waals surface area (Å²) < 4.78 is 1.83. The Morgan fingerprint density at radius 3 is 2.86 bits per heavy atom. The topological polar surface area (TPSA) is 63.3 Å². The molecule has 2 aliphatic carbocycles. The van der Waals surface area contributed by atoms with Gasteiger partial charge in [0.2, 0.25) is 0 Å². The SMILES string of the molecule is CC1(C)[C@@H]2CC[C@@]1(C)C(=NCCn1cc(CCO)nn1)C2. The van der Waals surface area contributed by atoms with Crippen molar-refractivity contribution in [3.63, 3.8) is 0 Å². The number of aliphatic hydroxyl groups excluding tert-OH is 1. The van der Waals surface area contributed by atoms with Crippen LogP contribution in [0.5, 0.6) is 0 Å². The van der Waals surface area contributed by atoms with Crippen molar-refractivity contribution in [2.24, 2.45) is 21.7 Å². The molecule has 0 spiro atoms. The standard InChI is InChI=1S/C16H26N4O/c1-15(2)12-4-6-16(15,3)14(10-12)17-7-8-20-11-13(5-9-21)18-19-20/h11-12,21H,4-10H2,1-3H3/t12-,16+/m1/s1. The molecule has 0 amide bonds. The number of nitrogens with zero attached hydrogens (tertiary/aromatic N) is 4. The number of fused-ring (bicyclic) bond motifs is 2. The molecular formula is C16H26N4O. The van der Waals surface area contributed by atoms with Crippen LogP contribution in [0.1, 0.15) is 45.7 Å². The molecule has 1 aromatic heterocycles. The van der Waals surface area contributed by atoms with Crippen LogP contribution in [0.4, 0.5) is 0 Å². The Balaban J connectivity index is 1.62. The van der Waals surface area contributed by atoms with E-state index in [1.807, 2.05) is 10.9 Å². The minimum absolute atomic E-state index is 0.121. The lowest BCUT2D eigenvalue weighted by molar-refractivity contribution is 0.193. The van der Waals surface area contributed by atoms with Gasteiger partial charge < -0.3 is 5.11 Å². The van der Waals surface area contributed by atoms with Gasteiger partial charge >= 0.3 is 0 Å². The van der Waals surface area contributed by atoms with Crippen LogP contribution < -0.4 is 0 Å². The fourth-order valence-electron chi connectivity index (χ4n) is 4.13. The summed E-state index contributed by atoms with van der Waals surface area (Å²) in [6, 6.07) is 0. The summed E-state index contributed by atoms with van der Waals surface area (Å²) in [7, 11) is 0. The number of rotatable bonds is 5. The Morgan fingerprint density at radius 2 is 2.24 bits per heavy atom. The Labute approximate surface area is 126 Å². The third kappa shape index (κ3) is 2.31. The molecule has 0 unspecified atom stereocenters. The smallest absolute Gasteiger partial charge is 0.0849 e. The van der Waals surface area contributed by atoms with Crippen molar-refractivity contribution < 1.29 is 5.11 Å². The molecule has 21 heavy (non-hydrogen) atoms. The van der Waals surface area contributed by atoms with Crippen LogP contribution in [0, 0.1) is 16.7 Å². The largest absolute Gasteiger partial charge is 0.396 e. The lowest BCUT2D eigenvalue weighted by atomic mass is 9.70.